The lowest BCUT2D eigenvalue weighted by atomic mass is 10.1. The van der Waals surface area contributed by atoms with E-state index in [1.54, 1.807) is 12.1 Å². The maximum absolute atomic E-state index is 12.6. The predicted octanol–water partition coefficient (Wildman–Crippen LogP) is 2.21. The van der Waals surface area contributed by atoms with Crippen molar-refractivity contribution in [3.05, 3.63) is 47.5 Å². The summed E-state index contributed by atoms with van der Waals surface area (Å²) in [5.74, 6) is -0.931. The highest BCUT2D eigenvalue weighted by molar-refractivity contribution is 5.19. The van der Waals surface area contributed by atoms with Crippen LogP contribution in [0.3, 0.4) is 0 Å². The van der Waals surface area contributed by atoms with Gasteiger partial charge in [0.05, 0.1) is 6.61 Å². The maximum Gasteiger partial charge on any atom is 0.123 e. The van der Waals surface area contributed by atoms with Crippen LogP contribution in [0.1, 0.15) is 5.56 Å². The summed E-state index contributed by atoms with van der Waals surface area (Å²) in [6, 6.07) is 5.93. The molecule has 0 saturated heterocycles. The molecule has 0 radical (unpaired) electrons. The molecule has 0 heterocycles. The fourth-order valence-corrected chi connectivity index (χ4v) is 0.957. The third-order valence-corrected chi connectivity index (χ3v) is 1.60. The van der Waals surface area contributed by atoms with E-state index in [2.05, 4.69) is 0 Å². The van der Waals surface area contributed by atoms with E-state index < -0.39 is 12.4 Å². The first-order valence-corrected chi connectivity index (χ1v) is 3.92. The van der Waals surface area contributed by atoms with Crippen LogP contribution in [0.15, 0.2) is 36.2 Å². The second-order valence-electron chi connectivity index (χ2n) is 2.64. The topological polar surface area (TPSA) is 20.2 Å². The van der Waals surface area contributed by atoms with E-state index in [9.17, 15) is 8.78 Å². The van der Waals surface area contributed by atoms with Crippen molar-refractivity contribution in [3.63, 3.8) is 0 Å². The SMILES string of the molecule is OC/C(F)=C/Cc1cccc(F)c1. The van der Waals surface area contributed by atoms with Crippen LogP contribution in [0.4, 0.5) is 8.78 Å². The van der Waals surface area contributed by atoms with Crippen molar-refractivity contribution in [2.75, 3.05) is 6.61 Å². The Balaban J connectivity index is 2.64. The molecule has 1 rings (SSSR count). The van der Waals surface area contributed by atoms with Crippen molar-refractivity contribution in [1.29, 1.82) is 0 Å². The van der Waals surface area contributed by atoms with E-state index in [0.717, 1.165) is 0 Å². The molecule has 0 aliphatic carbocycles. The van der Waals surface area contributed by atoms with Crippen molar-refractivity contribution < 1.29 is 13.9 Å². The second kappa shape index (κ2) is 4.72. The van der Waals surface area contributed by atoms with Crippen molar-refractivity contribution in [2.45, 2.75) is 6.42 Å². The largest absolute Gasteiger partial charge is 0.389 e. The predicted molar refractivity (Wildman–Crippen MR) is 46.4 cm³/mol. The molecule has 0 amide bonds. The Morgan fingerprint density at radius 2 is 2.23 bits per heavy atom. The number of halogens is 2. The lowest BCUT2D eigenvalue weighted by Gasteiger charge is -1.96. The third kappa shape index (κ3) is 3.34. The van der Waals surface area contributed by atoms with Crippen molar-refractivity contribution >= 4 is 0 Å². The molecule has 0 aliphatic rings. The van der Waals surface area contributed by atoms with Gasteiger partial charge in [-0.25, -0.2) is 8.78 Å². The smallest absolute Gasteiger partial charge is 0.123 e. The van der Waals surface area contributed by atoms with Crippen LogP contribution < -0.4 is 0 Å². The molecule has 0 unspecified atom stereocenters. The van der Waals surface area contributed by atoms with Gasteiger partial charge >= 0.3 is 0 Å². The summed E-state index contributed by atoms with van der Waals surface area (Å²) in [7, 11) is 0. The number of aliphatic hydroxyl groups is 1. The summed E-state index contributed by atoms with van der Waals surface area (Å²) >= 11 is 0. The zero-order valence-electron chi connectivity index (χ0n) is 7.00. The van der Waals surface area contributed by atoms with Gasteiger partial charge in [0.25, 0.3) is 0 Å². The van der Waals surface area contributed by atoms with Gasteiger partial charge in [-0.15, -0.1) is 0 Å². The van der Waals surface area contributed by atoms with Crippen molar-refractivity contribution in [1.82, 2.24) is 0 Å². The molecule has 1 aromatic carbocycles. The number of benzene rings is 1. The normalized spacial score (nSPS) is 11.8. The van der Waals surface area contributed by atoms with Gasteiger partial charge in [0, 0.05) is 0 Å². The summed E-state index contributed by atoms with van der Waals surface area (Å²) in [6.07, 6.45) is 1.53. The first-order chi connectivity index (χ1) is 6.22. The summed E-state index contributed by atoms with van der Waals surface area (Å²) in [5.41, 5.74) is 0.684. The Bertz CT molecular complexity index is 308. The molecule has 13 heavy (non-hydrogen) atoms. The Labute approximate surface area is 75.3 Å². The van der Waals surface area contributed by atoms with Gasteiger partial charge in [0.2, 0.25) is 0 Å². The standard InChI is InChI=1S/C10H10F2O/c11-9-3-1-2-8(6-9)4-5-10(12)7-13/h1-3,5-6,13H,4,7H2/b10-5-. The van der Waals surface area contributed by atoms with Crippen LogP contribution in [0, 0.1) is 5.82 Å². The molecule has 1 nitrogen and oxygen atoms in total. The summed E-state index contributed by atoms with van der Waals surface area (Å²) < 4.78 is 25.0. The fourth-order valence-electron chi connectivity index (χ4n) is 0.957. The summed E-state index contributed by atoms with van der Waals surface area (Å²) in [6.45, 7) is -0.602. The van der Waals surface area contributed by atoms with Gasteiger partial charge in [-0.05, 0) is 30.2 Å². The molecular weight excluding hydrogens is 174 g/mol. The first kappa shape index (κ1) is 9.86. The maximum atomic E-state index is 12.6. The van der Waals surface area contributed by atoms with Crippen molar-refractivity contribution in [3.8, 4) is 0 Å². The Morgan fingerprint density at radius 3 is 2.85 bits per heavy atom. The number of allylic oxidation sites excluding steroid dienone is 1. The second-order valence-corrected chi connectivity index (χ2v) is 2.64. The molecule has 1 N–H and O–H groups in total. The number of aliphatic hydroxyl groups excluding tert-OH is 1. The number of hydrogen-bond donors (Lipinski definition) is 1. The first-order valence-electron chi connectivity index (χ1n) is 3.92. The van der Waals surface area contributed by atoms with E-state index >= 15 is 0 Å². The number of hydrogen-bond acceptors (Lipinski definition) is 1. The Kier molecular flexibility index (Phi) is 3.58. The third-order valence-electron chi connectivity index (χ3n) is 1.60. The molecule has 0 bridgehead atoms. The van der Waals surface area contributed by atoms with E-state index in [1.807, 2.05) is 0 Å². The highest BCUT2D eigenvalue weighted by Crippen LogP contribution is 2.06. The van der Waals surface area contributed by atoms with Gasteiger partial charge < -0.3 is 5.11 Å². The number of rotatable bonds is 3. The Morgan fingerprint density at radius 1 is 1.46 bits per heavy atom. The molecule has 0 atom stereocenters. The molecule has 0 spiro atoms. The van der Waals surface area contributed by atoms with Crippen LogP contribution in [0.5, 0.6) is 0 Å². The van der Waals surface area contributed by atoms with E-state index in [-0.39, 0.29) is 5.82 Å². The van der Waals surface area contributed by atoms with Gasteiger partial charge in [-0.2, -0.15) is 0 Å². The van der Waals surface area contributed by atoms with E-state index in [4.69, 9.17) is 5.11 Å². The fraction of sp³-hybridized carbons (Fsp3) is 0.200. The average Bonchev–Trinajstić information content (AvgIpc) is 2.14. The van der Waals surface area contributed by atoms with E-state index in [0.29, 0.717) is 12.0 Å². The van der Waals surface area contributed by atoms with Gasteiger partial charge in [-0.1, -0.05) is 12.1 Å². The Hall–Kier alpha value is -1.22. The average molecular weight is 184 g/mol. The van der Waals surface area contributed by atoms with Crippen LogP contribution in [-0.2, 0) is 6.42 Å². The molecule has 3 heteroatoms. The monoisotopic (exact) mass is 184 g/mol. The molecule has 0 fully saturated rings. The highest BCUT2D eigenvalue weighted by Gasteiger charge is 1.94. The minimum Gasteiger partial charge on any atom is -0.389 e. The van der Waals surface area contributed by atoms with Crippen LogP contribution in [0.25, 0.3) is 0 Å². The molecular formula is C10H10F2O. The van der Waals surface area contributed by atoms with Gasteiger partial charge in [-0.3, -0.25) is 0 Å². The minimum absolute atomic E-state index is 0.296. The van der Waals surface area contributed by atoms with Crippen LogP contribution in [-0.4, -0.2) is 11.7 Å². The van der Waals surface area contributed by atoms with Crippen LogP contribution >= 0.6 is 0 Å². The van der Waals surface area contributed by atoms with Crippen molar-refractivity contribution in [2.24, 2.45) is 0 Å². The van der Waals surface area contributed by atoms with Gasteiger partial charge in [0.15, 0.2) is 0 Å². The lowest BCUT2D eigenvalue weighted by molar-refractivity contribution is 0.297. The van der Waals surface area contributed by atoms with Gasteiger partial charge in [0.1, 0.15) is 11.6 Å². The molecule has 70 valence electrons. The lowest BCUT2D eigenvalue weighted by Crippen LogP contribution is -1.86. The summed E-state index contributed by atoms with van der Waals surface area (Å²) in [4.78, 5) is 0. The molecule has 0 saturated carbocycles. The minimum atomic E-state index is -0.602. The van der Waals surface area contributed by atoms with Crippen LogP contribution in [0.2, 0.25) is 0 Å². The van der Waals surface area contributed by atoms with E-state index in [1.165, 1.54) is 18.2 Å². The molecule has 0 aromatic heterocycles. The summed E-state index contributed by atoms with van der Waals surface area (Å²) in [5, 5.41) is 8.35. The molecule has 0 aliphatic heterocycles. The zero-order chi connectivity index (χ0) is 9.68. The quantitative estimate of drug-likeness (QED) is 0.763. The highest BCUT2D eigenvalue weighted by atomic mass is 19.1. The zero-order valence-corrected chi connectivity index (χ0v) is 7.00. The molecule has 1 aromatic rings.